The smallest absolute Gasteiger partial charge is 0.123 e. The van der Waals surface area contributed by atoms with Crippen LogP contribution in [0.25, 0.3) is 0 Å². The number of rotatable bonds is 2. The Hall–Kier alpha value is -1.61. The molecule has 0 aliphatic rings. The first-order valence-corrected chi connectivity index (χ1v) is 4.73. The molecule has 1 unspecified atom stereocenters. The van der Waals surface area contributed by atoms with Gasteiger partial charge in [0.1, 0.15) is 11.6 Å². The van der Waals surface area contributed by atoms with Crippen LogP contribution in [0.2, 0.25) is 0 Å². The molecule has 0 spiro atoms. The Morgan fingerprint density at radius 1 is 1.20 bits per heavy atom. The zero-order chi connectivity index (χ0) is 10.8. The van der Waals surface area contributed by atoms with Gasteiger partial charge in [-0.05, 0) is 30.7 Å². The fourth-order valence-electron chi connectivity index (χ4n) is 1.57. The summed E-state index contributed by atoms with van der Waals surface area (Å²) >= 11 is 0. The molecule has 2 N–H and O–H groups in total. The Balaban J connectivity index is 2.32. The van der Waals surface area contributed by atoms with Crippen molar-refractivity contribution in [3.05, 3.63) is 59.3 Å². The summed E-state index contributed by atoms with van der Waals surface area (Å²) in [5.74, 6) is 0.543. The van der Waals surface area contributed by atoms with Crippen LogP contribution in [-0.4, -0.2) is 0 Å². The lowest BCUT2D eigenvalue weighted by molar-refractivity contribution is 0.527. The van der Waals surface area contributed by atoms with Crippen LogP contribution in [-0.2, 0) is 0 Å². The monoisotopic (exact) mass is 205 g/mol. The van der Waals surface area contributed by atoms with Gasteiger partial charge in [-0.1, -0.05) is 12.1 Å². The van der Waals surface area contributed by atoms with E-state index in [1.54, 1.807) is 18.4 Å². The topological polar surface area (TPSA) is 39.2 Å². The number of hydrogen-bond donors (Lipinski definition) is 1. The highest BCUT2D eigenvalue weighted by Gasteiger charge is 2.13. The third kappa shape index (κ3) is 1.92. The van der Waals surface area contributed by atoms with E-state index in [0.29, 0.717) is 0 Å². The van der Waals surface area contributed by atoms with Crippen LogP contribution in [0.1, 0.15) is 22.9 Å². The van der Waals surface area contributed by atoms with Crippen molar-refractivity contribution in [2.45, 2.75) is 13.0 Å². The standard InChI is InChI=1S/C12H12FNO/c1-8-11(6-7-15-8)12(14)9-2-4-10(13)5-3-9/h2-7,12H,14H2,1H3. The van der Waals surface area contributed by atoms with E-state index in [0.717, 1.165) is 16.9 Å². The van der Waals surface area contributed by atoms with Gasteiger partial charge in [0.25, 0.3) is 0 Å². The Morgan fingerprint density at radius 2 is 1.87 bits per heavy atom. The summed E-state index contributed by atoms with van der Waals surface area (Å²) in [5.41, 5.74) is 7.84. The molecule has 15 heavy (non-hydrogen) atoms. The number of halogens is 1. The van der Waals surface area contributed by atoms with Gasteiger partial charge < -0.3 is 10.2 Å². The van der Waals surface area contributed by atoms with Crippen LogP contribution >= 0.6 is 0 Å². The molecule has 0 bridgehead atoms. The largest absolute Gasteiger partial charge is 0.469 e. The zero-order valence-corrected chi connectivity index (χ0v) is 8.41. The van der Waals surface area contributed by atoms with E-state index < -0.39 is 0 Å². The number of benzene rings is 1. The van der Waals surface area contributed by atoms with Gasteiger partial charge in [0.15, 0.2) is 0 Å². The predicted molar refractivity (Wildman–Crippen MR) is 55.9 cm³/mol. The Kier molecular flexibility index (Phi) is 2.56. The highest BCUT2D eigenvalue weighted by Crippen LogP contribution is 2.23. The zero-order valence-electron chi connectivity index (χ0n) is 8.41. The van der Waals surface area contributed by atoms with Crippen LogP contribution < -0.4 is 5.73 Å². The predicted octanol–water partition coefficient (Wildman–Crippen LogP) is 2.78. The van der Waals surface area contributed by atoms with Crippen LogP contribution in [0.5, 0.6) is 0 Å². The van der Waals surface area contributed by atoms with E-state index >= 15 is 0 Å². The minimum absolute atomic E-state index is 0.255. The van der Waals surface area contributed by atoms with Gasteiger partial charge in [0, 0.05) is 5.56 Å². The minimum Gasteiger partial charge on any atom is -0.469 e. The molecule has 0 aliphatic carbocycles. The third-order valence-electron chi connectivity index (χ3n) is 2.46. The number of furan rings is 1. The summed E-state index contributed by atoms with van der Waals surface area (Å²) in [6, 6.07) is 7.77. The maximum atomic E-state index is 12.7. The second kappa shape index (κ2) is 3.87. The van der Waals surface area contributed by atoms with E-state index in [9.17, 15) is 4.39 Å². The van der Waals surface area contributed by atoms with Crippen molar-refractivity contribution >= 4 is 0 Å². The SMILES string of the molecule is Cc1occc1C(N)c1ccc(F)cc1. The van der Waals surface area contributed by atoms with Gasteiger partial charge in [-0.25, -0.2) is 4.39 Å². The molecule has 1 heterocycles. The lowest BCUT2D eigenvalue weighted by Crippen LogP contribution is -2.11. The summed E-state index contributed by atoms with van der Waals surface area (Å²) in [5, 5.41) is 0. The second-order valence-corrected chi connectivity index (χ2v) is 3.46. The van der Waals surface area contributed by atoms with E-state index in [1.165, 1.54) is 12.1 Å². The van der Waals surface area contributed by atoms with Gasteiger partial charge in [-0.15, -0.1) is 0 Å². The summed E-state index contributed by atoms with van der Waals surface area (Å²) < 4.78 is 17.9. The third-order valence-corrected chi connectivity index (χ3v) is 2.46. The minimum atomic E-state index is -0.260. The Bertz CT molecular complexity index is 447. The van der Waals surface area contributed by atoms with Crippen LogP contribution in [0, 0.1) is 12.7 Å². The second-order valence-electron chi connectivity index (χ2n) is 3.46. The molecule has 0 radical (unpaired) electrons. The number of hydrogen-bond acceptors (Lipinski definition) is 2. The molecular formula is C12H12FNO. The van der Waals surface area contributed by atoms with Crippen molar-refractivity contribution in [1.82, 2.24) is 0 Å². The molecule has 1 aromatic carbocycles. The molecule has 1 atom stereocenters. The van der Waals surface area contributed by atoms with Crippen molar-refractivity contribution in [3.8, 4) is 0 Å². The van der Waals surface area contributed by atoms with Crippen molar-refractivity contribution in [1.29, 1.82) is 0 Å². The van der Waals surface area contributed by atoms with E-state index in [-0.39, 0.29) is 11.9 Å². The summed E-state index contributed by atoms with van der Waals surface area (Å²) in [6.45, 7) is 1.86. The number of aryl methyl sites for hydroxylation is 1. The summed E-state index contributed by atoms with van der Waals surface area (Å²) in [6.07, 6.45) is 1.61. The molecule has 0 aliphatic heterocycles. The molecule has 0 saturated heterocycles. The van der Waals surface area contributed by atoms with Gasteiger partial charge in [0.05, 0.1) is 12.3 Å². The summed E-state index contributed by atoms with van der Waals surface area (Å²) in [7, 11) is 0. The van der Waals surface area contributed by atoms with Crippen LogP contribution in [0.4, 0.5) is 4.39 Å². The fraction of sp³-hybridized carbons (Fsp3) is 0.167. The first-order chi connectivity index (χ1) is 7.18. The molecule has 78 valence electrons. The Labute approximate surface area is 87.5 Å². The van der Waals surface area contributed by atoms with E-state index in [2.05, 4.69) is 0 Å². The molecule has 0 amide bonds. The molecule has 2 aromatic rings. The molecule has 1 aromatic heterocycles. The maximum Gasteiger partial charge on any atom is 0.123 e. The van der Waals surface area contributed by atoms with Crippen LogP contribution in [0.15, 0.2) is 41.0 Å². The normalized spacial score (nSPS) is 12.7. The van der Waals surface area contributed by atoms with Gasteiger partial charge in [-0.2, -0.15) is 0 Å². The first-order valence-electron chi connectivity index (χ1n) is 4.73. The van der Waals surface area contributed by atoms with Crippen molar-refractivity contribution in [2.24, 2.45) is 5.73 Å². The quantitative estimate of drug-likeness (QED) is 0.818. The van der Waals surface area contributed by atoms with E-state index in [1.807, 2.05) is 13.0 Å². The maximum absolute atomic E-state index is 12.7. The number of nitrogens with two attached hydrogens (primary N) is 1. The lowest BCUT2D eigenvalue weighted by Gasteiger charge is -2.10. The Morgan fingerprint density at radius 3 is 2.40 bits per heavy atom. The van der Waals surface area contributed by atoms with E-state index in [4.69, 9.17) is 10.2 Å². The molecule has 0 fully saturated rings. The van der Waals surface area contributed by atoms with Crippen molar-refractivity contribution in [3.63, 3.8) is 0 Å². The summed E-state index contributed by atoms with van der Waals surface area (Å²) in [4.78, 5) is 0. The lowest BCUT2D eigenvalue weighted by atomic mass is 10.0. The molecule has 0 saturated carbocycles. The average molecular weight is 205 g/mol. The highest BCUT2D eigenvalue weighted by molar-refractivity contribution is 5.32. The fourth-order valence-corrected chi connectivity index (χ4v) is 1.57. The van der Waals surface area contributed by atoms with Gasteiger partial charge in [-0.3, -0.25) is 0 Å². The van der Waals surface area contributed by atoms with Gasteiger partial charge >= 0.3 is 0 Å². The van der Waals surface area contributed by atoms with Crippen LogP contribution in [0.3, 0.4) is 0 Å². The molecule has 2 rings (SSSR count). The van der Waals surface area contributed by atoms with Crippen molar-refractivity contribution < 1.29 is 8.81 Å². The van der Waals surface area contributed by atoms with Gasteiger partial charge in [0.2, 0.25) is 0 Å². The molecule has 2 nitrogen and oxygen atoms in total. The highest BCUT2D eigenvalue weighted by atomic mass is 19.1. The first kappa shape index (κ1) is 9.93. The molecule has 3 heteroatoms. The van der Waals surface area contributed by atoms with Crippen molar-refractivity contribution in [2.75, 3.05) is 0 Å². The molecular weight excluding hydrogens is 193 g/mol. The average Bonchev–Trinajstić information content (AvgIpc) is 2.65.